The number of halogens is 1. The molecule has 0 saturated heterocycles. The molecule has 0 radical (unpaired) electrons. The predicted octanol–water partition coefficient (Wildman–Crippen LogP) is 3.99. The summed E-state index contributed by atoms with van der Waals surface area (Å²) in [5, 5.41) is 5.12. The number of hydrogen-bond donors (Lipinski definition) is 1. The van der Waals surface area contributed by atoms with Crippen molar-refractivity contribution in [1.82, 2.24) is 4.98 Å². The average molecular weight is 282 g/mol. The maximum atomic E-state index is 13.6. The van der Waals surface area contributed by atoms with Crippen LogP contribution < -0.4 is 10.1 Å². The van der Waals surface area contributed by atoms with Gasteiger partial charge in [0.2, 0.25) is 0 Å². The Balaban J connectivity index is 1.93. The fraction of sp³-hybridized carbons (Fsp3) is 0.118. The van der Waals surface area contributed by atoms with Crippen LogP contribution in [-0.4, -0.2) is 12.1 Å². The van der Waals surface area contributed by atoms with Crippen molar-refractivity contribution in [2.75, 3.05) is 12.4 Å². The molecular weight excluding hydrogens is 267 g/mol. The van der Waals surface area contributed by atoms with Crippen molar-refractivity contribution >= 4 is 16.6 Å². The van der Waals surface area contributed by atoms with Crippen LogP contribution in [0.2, 0.25) is 0 Å². The predicted molar refractivity (Wildman–Crippen MR) is 82.0 cm³/mol. The zero-order valence-corrected chi connectivity index (χ0v) is 11.6. The van der Waals surface area contributed by atoms with Gasteiger partial charge in [0.25, 0.3) is 0 Å². The van der Waals surface area contributed by atoms with Crippen LogP contribution in [-0.2, 0) is 6.54 Å². The number of nitrogens with one attached hydrogen (secondary N) is 1. The van der Waals surface area contributed by atoms with E-state index in [1.165, 1.54) is 6.07 Å². The monoisotopic (exact) mass is 282 g/mol. The first kappa shape index (κ1) is 13.4. The molecule has 0 unspecified atom stereocenters. The molecule has 1 N–H and O–H groups in total. The van der Waals surface area contributed by atoms with Gasteiger partial charge in [-0.05, 0) is 18.2 Å². The molecule has 1 heterocycles. The van der Waals surface area contributed by atoms with Crippen LogP contribution in [0.3, 0.4) is 0 Å². The minimum absolute atomic E-state index is 0.220. The van der Waals surface area contributed by atoms with E-state index in [1.54, 1.807) is 25.4 Å². The van der Waals surface area contributed by atoms with Gasteiger partial charge in [-0.25, -0.2) is 9.37 Å². The van der Waals surface area contributed by atoms with Gasteiger partial charge in [0.15, 0.2) is 0 Å². The number of ether oxygens (including phenoxy) is 1. The van der Waals surface area contributed by atoms with E-state index >= 15 is 0 Å². The molecule has 0 aliphatic rings. The molecule has 3 aromatic rings. The molecule has 106 valence electrons. The minimum atomic E-state index is -0.220. The van der Waals surface area contributed by atoms with E-state index in [9.17, 15) is 4.39 Å². The molecule has 0 bridgehead atoms. The molecule has 3 rings (SSSR count). The van der Waals surface area contributed by atoms with Crippen molar-refractivity contribution in [2.45, 2.75) is 6.54 Å². The summed E-state index contributed by atoms with van der Waals surface area (Å²) in [6.45, 7) is 0.385. The van der Waals surface area contributed by atoms with Gasteiger partial charge in [0.1, 0.15) is 17.4 Å². The largest absolute Gasteiger partial charge is 0.496 e. The fourth-order valence-electron chi connectivity index (χ4n) is 2.32. The standard InChI is InChI=1S/C17H15FN2O/c1-21-16-8-4-6-14-13(16)9-10-19-17(14)20-11-12-5-2-3-7-15(12)18/h2-10H,11H2,1H3,(H,19,20). The van der Waals surface area contributed by atoms with Crippen molar-refractivity contribution in [3.05, 3.63) is 66.1 Å². The highest BCUT2D eigenvalue weighted by Crippen LogP contribution is 2.29. The minimum Gasteiger partial charge on any atom is -0.496 e. The van der Waals surface area contributed by atoms with Crippen LogP contribution in [0.25, 0.3) is 10.8 Å². The number of pyridine rings is 1. The molecule has 0 amide bonds. The summed E-state index contributed by atoms with van der Waals surface area (Å²) < 4.78 is 19.0. The molecule has 0 aliphatic carbocycles. The second-order valence-corrected chi connectivity index (χ2v) is 4.66. The van der Waals surface area contributed by atoms with Gasteiger partial charge in [-0.1, -0.05) is 30.3 Å². The molecular formula is C17H15FN2O. The highest BCUT2D eigenvalue weighted by molar-refractivity contribution is 5.95. The normalized spacial score (nSPS) is 10.6. The molecule has 0 spiro atoms. The van der Waals surface area contributed by atoms with Gasteiger partial charge in [-0.15, -0.1) is 0 Å². The number of rotatable bonds is 4. The first-order chi connectivity index (χ1) is 10.3. The Bertz CT molecular complexity index is 774. The Morgan fingerprint density at radius 2 is 1.90 bits per heavy atom. The Labute approximate surface area is 122 Å². The number of fused-ring (bicyclic) bond motifs is 1. The molecule has 3 nitrogen and oxygen atoms in total. The first-order valence-corrected chi connectivity index (χ1v) is 6.68. The Hall–Kier alpha value is -2.62. The summed E-state index contributed by atoms with van der Waals surface area (Å²) in [6, 6.07) is 14.4. The van der Waals surface area contributed by atoms with Crippen LogP contribution in [0, 0.1) is 5.82 Å². The third kappa shape index (κ3) is 2.65. The number of nitrogens with zero attached hydrogens (tertiary/aromatic N) is 1. The van der Waals surface area contributed by atoms with Crippen molar-refractivity contribution in [1.29, 1.82) is 0 Å². The molecule has 0 atom stereocenters. The quantitative estimate of drug-likeness (QED) is 0.785. The van der Waals surface area contributed by atoms with Crippen molar-refractivity contribution in [3.8, 4) is 5.75 Å². The summed E-state index contributed by atoms with van der Waals surface area (Å²) in [5.74, 6) is 1.29. The smallest absolute Gasteiger partial charge is 0.134 e. The number of benzene rings is 2. The van der Waals surface area contributed by atoms with Crippen LogP contribution in [0.15, 0.2) is 54.7 Å². The molecule has 1 aromatic heterocycles. The zero-order chi connectivity index (χ0) is 14.7. The number of methoxy groups -OCH3 is 1. The summed E-state index contributed by atoms with van der Waals surface area (Å²) in [7, 11) is 1.64. The second-order valence-electron chi connectivity index (χ2n) is 4.66. The number of anilines is 1. The molecule has 0 saturated carbocycles. The Morgan fingerprint density at radius 3 is 2.71 bits per heavy atom. The summed E-state index contributed by atoms with van der Waals surface area (Å²) >= 11 is 0. The van der Waals surface area contributed by atoms with Gasteiger partial charge in [0, 0.05) is 29.1 Å². The van der Waals surface area contributed by atoms with Gasteiger partial charge >= 0.3 is 0 Å². The highest BCUT2D eigenvalue weighted by Gasteiger charge is 2.07. The van der Waals surface area contributed by atoms with E-state index in [0.717, 1.165) is 22.3 Å². The maximum absolute atomic E-state index is 13.6. The van der Waals surface area contributed by atoms with E-state index in [1.807, 2.05) is 30.3 Å². The number of hydrogen-bond acceptors (Lipinski definition) is 3. The lowest BCUT2D eigenvalue weighted by molar-refractivity contribution is 0.420. The van der Waals surface area contributed by atoms with E-state index < -0.39 is 0 Å². The van der Waals surface area contributed by atoms with E-state index in [-0.39, 0.29) is 5.82 Å². The van der Waals surface area contributed by atoms with Crippen molar-refractivity contribution in [2.24, 2.45) is 0 Å². The Morgan fingerprint density at radius 1 is 1.05 bits per heavy atom. The summed E-state index contributed by atoms with van der Waals surface area (Å²) in [6.07, 6.45) is 1.72. The number of aromatic nitrogens is 1. The van der Waals surface area contributed by atoms with Gasteiger partial charge in [-0.2, -0.15) is 0 Å². The lowest BCUT2D eigenvalue weighted by Gasteiger charge is -2.11. The molecule has 21 heavy (non-hydrogen) atoms. The van der Waals surface area contributed by atoms with Crippen LogP contribution in [0.1, 0.15) is 5.56 Å². The topological polar surface area (TPSA) is 34.1 Å². The third-order valence-electron chi connectivity index (χ3n) is 3.39. The molecule has 4 heteroatoms. The average Bonchev–Trinajstić information content (AvgIpc) is 2.53. The fourth-order valence-corrected chi connectivity index (χ4v) is 2.32. The lowest BCUT2D eigenvalue weighted by atomic mass is 10.1. The summed E-state index contributed by atoms with van der Waals surface area (Å²) in [4.78, 5) is 4.34. The third-order valence-corrected chi connectivity index (χ3v) is 3.39. The van der Waals surface area contributed by atoms with E-state index in [4.69, 9.17) is 4.74 Å². The van der Waals surface area contributed by atoms with Gasteiger partial charge < -0.3 is 10.1 Å². The van der Waals surface area contributed by atoms with Gasteiger partial charge in [-0.3, -0.25) is 0 Å². The second kappa shape index (κ2) is 5.79. The zero-order valence-electron chi connectivity index (χ0n) is 11.6. The highest BCUT2D eigenvalue weighted by atomic mass is 19.1. The summed E-state index contributed by atoms with van der Waals surface area (Å²) in [5.41, 5.74) is 0.610. The van der Waals surface area contributed by atoms with Crippen molar-refractivity contribution < 1.29 is 9.13 Å². The molecule has 2 aromatic carbocycles. The van der Waals surface area contributed by atoms with Crippen LogP contribution in [0.5, 0.6) is 5.75 Å². The van der Waals surface area contributed by atoms with Crippen molar-refractivity contribution in [3.63, 3.8) is 0 Å². The lowest BCUT2D eigenvalue weighted by Crippen LogP contribution is -2.03. The molecule has 0 aliphatic heterocycles. The molecule has 0 fully saturated rings. The van der Waals surface area contributed by atoms with E-state index in [0.29, 0.717) is 12.1 Å². The first-order valence-electron chi connectivity index (χ1n) is 6.68. The van der Waals surface area contributed by atoms with Gasteiger partial charge in [0.05, 0.1) is 7.11 Å². The SMILES string of the molecule is COc1cccc2c(NCc3ccccc3F)nccc12. The van der Waals surface area contributed by atoms with E-state index in [2.05, 4.69) is 10.3 Å². The van der Waals surface area contributed by atoms with Crippen LogP contribution in [0.4, 0.5) is 10.2 Å². The van der Waals surface area contributed by atoms with Crippen LogP contribution >= 0.6 is 0 Å². The maximum Gasteiger partial charge on any atom is 0.134 e. The Kier molecular flexibility index (Phi) is 3.69.